The van der Waals surface area contributed by atoms with Crippen molar-refractivity contribution in [1.29, 1.82) is 0 Å². The molecule has 0 heterocycles. The predicted molar refractivity (Wildman–Crippen MR) is 17.6 cm³/mol. The van der Waals surface area contributed by atoms with Gasteiger partial charge in [-0.3, -0.25) is 0 Å². The van der Waals surface area contributed by atoms with Gasteiger partial charge in [0.05, 0.1) is 0 Å². The van der Waals surface area contributed by atoms with Crippen LogP contribution in [0.4, 0.5) is 0 Å². The molecule has 0 unspecified atom stereocenters. The monoisotopic (exact) mass is 294 g/mol. The third-order valence-electron chi connectivity index (χ3n) is 0. The Hall–Kier alpha value is 2.43. The molecule has 0 aromatic rings. The zero-order valence-electron chi connectivity index (χ0n) is 2.04. The van der Waals surface area contributed by atoms with Crippen molar-refractivity contribution in [3.8, 4) is 0 Å². The molecule has 0 rings (SSSR count). The minimum absolute atomic E-state index is 0. The summed E-state index contributed by atoms with van der Waals surface area (Å²) in [5.41, 5.74) is 0. The molecule has 0 aliphatic carbocycles. The van der Waals surface area contributed by atoms with Crippen molar-refractivity contribution < 1.29 is 45.3 Å². The zero-order chi connectivity index (χ0) is 4.71. The fraction of sp³-hybridized carbons (Fsp3) is 0. The molecule has 6 heteroatoms. The number of halogens is 3. The summed E-state index contributed by atoms with van der Waals surface area (Å²) < 4.78 is 0. The van der Waals surface area contributed by atoms with Gasteiger partial charge in [0.25, 0.3) is 0 Å². The molecule has 0 aromatic carbocycles. The average molecular weight is 297 g/mol. The van der Waals surface area contributed by atoms with Crippen molar-refractivity contribution in [2.24, 2.45) is 0 Å². The molecular weight excluding hydrogens is 297 g/mol. The van der Waals surface area contributed by atoms with E-state index in [2.05, 4.69) is 45.4 Å². The van der Waals surface area contributed by atoms with E-state index in [4.69, 9.17) is 0 Å². The van der Waals surface area contributed by atoms with Crippen LogP contribution in [-0.2, 0) is 45.3 Å². The summed E-state index contributed by atoms with van der Waals surface area (Å²) in [4.78, 5) is 0. The number of hydrogen-bond acceptors (Lipinski definition) is 0. The van der Waals surface area contributed by atoms with Crippen LogP contribution in [0.3, 0.4) is 0 Å². The molecule has 0 amide bonds. The molecule has 0 bridgehead atoms. The van der Waals surface area contributed by atoms with Gasteiger partial charge >= 0.3 is 58.5 Å². The van der Waals surface area contributed by atoms with Gasteiger partial charge < -0.3 is 0 Å². The van der Waals surface area contributed by atoms with Gasteiger partial charge in [0.2, 0.25) is 0 Å². The van der Waals surface area contributed by atoms with Crippen molar-refractivity contribution in [3.05, 3.63) is 0 Å². The molecule has 0 saturated carbocycles. The maximum Gasteiger partial charge on any atom is 0 e. The molecule has 0 fully saturated rings. The first-order valence-corrected chi connectivity index (χ1v) is 4.23. The minimum atomic E-state index is 0. The first-order valence-electron chi connectivity index (χ1n) is 0.342. The molecular formula is Cl3Cu3. The van der Waals surface area contributed by atoms with Crippen LogP contribution >= 0.6 is 30.3 Å². The topological polar surface area (TPSA) is 0 Å². The van der Waals surface area contributed by atoms with Crippen LogP contribution < -0.4 is 0 Å². The van der Waals surface area contributed by atoms with Gasteiger partial charge in [-0.15, -0.1) is 0 Å². The predicted octanol–water partition coefficient (Wildman–Crippen LogP) is 2.06. The summed E-state index contributed by atoms with van der Waals surface area (Å²) >= 11 is 4.42. The SMILES string of the molecule is [Cl][Cu].[Cl][Cu][Cl].[Cu]. The zero-order valence-corrected chi connectivity index (χ0v) is 7.13. The normalized spacial score (nSPS) is 4.83. The van der Waals surface area contributed by atoms with E-state index in [0.29, 0.717) is 0 Å². The minimum Gasteiger partial charge on any atom is 0 e. The van der Waals surface area contributed by atoms with E-state index in [-0.39, 0.29) is 17.1 Å². The van der Waals surface area contributed by atoms with E-state index in [0.717, 1.165) is 13.1 Å². The third-order valence-corrected chi connectivity index (χ3v) is 0. The van der Waals surface area contributed by atoms with Crippen molar-refractivity contribution in [3.63, 3.8) is 0 Å². The van der Waals surface area contributed by atoms with Gasteiger partial charge in [0.15, 0.2) is 0 Å². The van der Waals surface area contributed by atoms with Crippen LogP contribution in [0.1, 0.15) is 0 Å². The Balaban J connectivity index is -0.0000000275. The van der Waals surface area contributed by atoms with Gasteiger partial charge in [0.1, 0.15) is 0 Å². The van der Waals surface area contributed by atoms with Gasteiger partial charge in [-0.1, -0.05) is 0 Å². The van der Waals surface area contributed by atoms with Crippen molar-refractivity contribution >= 4 is 30.3 Å². The van der Waals surface area contributed by atoms with E-state index < -0.39 is 0 Å². The second-order valence-corrected chi connectivity index (χ2v) is 1.60. The van der Waals surface area contributed by atoms with E-state index in [1.165, 1.54) is 0 Å². The molecule has 0 aliphatic heterocycles. The van der Waals surface area contributed by atoms with Gasteiger partial charge in [-0.25, -0.2) is 0 Å². The van der Waals surface area contributed by atoms with Crippen LogP contribution in [0.5, 0.6) is 0 Å². The molecule has 0 spiro atoms. The van der Waals surface area contributed by atoms with Gasteiger partial charge in [-0.2, -0.15) is 0 Å². The summed E-state index contributed by atoms with van der Waals surface area (Å²) in [5, 5.41) is 0. The summed E-state index contributed by atoms with van der Waals surface area (Å²) in [6, 6.07) is 0. The first kappa shape index (κ1) is 15.8. The molecule has 6 heavy (non-hydrogen) atoms. The number of rotatable bonds is 0. The van der Waals surface area contributed by atoms with E-state index >= 15 is 0 Å². The Kier molecular flexibility index (Phi) is 68.7. The molecule has 0 aromatic heterocycles. The molecule has 0 nitrogen and oxygen atoms in total. The van der Waals surface area contributed by atoms with Crippen LogP contribution in [0.15, 0.2) is 0 Å². The molecule has 1 radical (unpaired) electrons. The quantitative estimate of drug-likeness (QED) is 0.600. The van der Waals surface area contributed by atoms with Crippen molar-refractivity contribution in [1.82, 2.24) is 0 Å². The molecule has 54 valence electrons. The Morgan fingerprint density at radius 3 is 1.17 bits per heavy atom. The third kappa shape index (κ3) is 32.1. The second-order valence-electron chi connectivity index (χ2n) is 0.0431. The maximum atomic E-state index is 4.67. The van der Waals surface area contributed by atoms with Crippen LogP contribution in [0, 0.1) is 0 Å². The van der Waals surface area contributed by atoms with Crippen LogP contribution in [-0.4, -0.2) is 0 Å². The van der Waals surface area contributed by atoms with Crippen molar-refractivity contribution in [2.75, 3.05) is 0 Å². The molecule has 0 N–H and O–H groups in total. The summed E-state index contributed by atoms with van der Waals surface area (Å²) in [6.45, 7) is 0. The van der Waals surface area contributed by atoms with E-state index in [9.17, 15) is 0 Å². The largest absolute Gasteiger partial charge is 0 e. The van der Waals surface area contributed by atoms with Gasteiger partial charge in [-0.05, 0) is 0 Å². The standard InChI is InChI=1S/3ClH.3Cu/h3*1H;;;/q;;;;+1;+2/p-3. The van der Waals surface area contributed by atoms with Crippen molar-refractivity contribution in [2.45, 2.75) is 0 Å². The fourth-order valence-electron chi connectivity index (χ4n) is 0. The fourth-order valence-corrected chi connectivity index (χ4v) is 0. The summed E-state index contributed by atoms with van der Waals surface area (Å²) in [6.07, 6.45) is 0. The van der Waals surface area contributed by atoms with Crippen LogP contribution in [0.2, 0.25) is 0 Å². The first-order chi connectivity index (χ1) is 2.41. The molecule has 0 atom stereocenters. The van der Waals surface area contributed by atoms with Gasteiger partial charge in [0, 0.05) is 17.1 Å². The maximum absolute atomic E-state index is 4.67. The van der Waals surface area contributed by atoms with Crippen LogP contribution in [0.25, 0.3) is 0 Å². The average Bonchev–Trinajstić information content (AvgIpc) is 1.46. The Morgan fingerprint density at radius 1 is 1.17 bits per heavy atom. The molecule has 0 aliphatic rings. The Morgan fingerprint density at radius 2 is 1.17 bits per heavy atom. The Bertz CT molecular complexity index is 6.00. The van der Waals surface area contributed by atoms with E-state index in [1.54, 1.807) is 0 Å². The van der Waals surface area contributed by atoms with E-state index in [1.807, 2.05) is 0 Å². The summed E-state index contributed by atoms with van der Waals surface area (Å²) in [5.74, 6) is 0. The second kappa shape index (κ2) is 26.1. The molecule has 0 saturated heterocycles. The number of hydrogen-bond donors (Lipinski definition) is 0. The Labute approximate surface area is 74.8 Å². The smallest absolute Gasteiger partial charge is 0 e. The summed E-state index contributed by atoms with van der Waals surface area (Å²) in [7, 11) is 13.5.